The number of benzene rings is 1. The van der Waals surface area contributed by atoms with Crippen molar-refractivity contribution in [3.63, 3.8) is 0 Å². The van der Waals surface area contributed by atoms with E-state index >= 15 is 0 Å². The van der Waals surface area contributed by atoms with Gasteiger partial charge in [0.25, 0.3) is 10.2 Å². The van der Waals surface area contributed by atoms with Gasteiger partial charge in [-0.15, -0.1) is 0 Å². The molecule has 1 unspecified atom stereocenters. The van der Waals surface area contributed by atoms with Crippen LogP contribution in [0.3, 0.4) is 0 Å². The van der Waals surface area contributed by atoms with E-state index in [1.807, 2.05) is 37.3 Å². The number of amides is 1. The Morgan fingerprint density at radius 1 is 1.28 bits per heavy atom. The highest BCUT2D eigenvalue weighted by Gasteiger charge is 2.32. The van der Waals surface area contributed by atoms with Gasteiger partial charge in [0.05, 0.1) is 6.04 Å². The second-order valence-electron chi connectivity index (χ2n) is 6.50. The number of carbonyl (C=O) groups excluding carboxylic acids is 1. The number of ether oxygens (including phenoxy) is 1. The van der Waals surface area contributed by atoms with E-state index < -0.39 is 10.2 Å². The molecule has 2 rings (SSSR count). The van der Waals surface area contributed by atoms with Gasteiger partial charge in [0, 0.05) is 33.1 Å². The van der Waals surface area contributed by atoms with Crippen LogP contribution in [0.15, 0.2) is 30.3 Å². The van der Waals surface area contributed by atoms with Gasteiger partial charge in [-0.05, 0) is 31.9 Å². The first-order valence-electron chi connectivity index (χ1n) is 8.46. The number of carbonyl (C=O) groups is 1. The van der Waals surface area contributed by atoms with E-state index in [0.29, 0.717) is 32.5 Å². The molecule has 1 aliphatic heterocycles. The Hall–Kier alpha value is -1.64. The fraction of sp³-hybridized carbons (Fsp3) is 0.588. The third kappa shape index (κ3) is 5.42. The molecule has 7 nitrogen and oxygen atoms in total. The smallest absolute Gasteiger partial charge is 0.281 e. The Morgan fingerprint density at radius 3 is 2.44 bits per heavy atom. The summed E-state index contributed by atoms with van der Waals surface area (Å²) in [5.74, 6) is 0.574. The van der Waals surface area contributed by atoms with E-state index in [1.165, 1.54) is 22.7 Å². The molecule has 1 saturated heterocycles. The van der Waals surface area contributed by atoms with E-state index in [9.17, 15) is 13.2 Å². The zero-order valence-electron chi connectivity index (χ0n) is 15.0. The topological polar surface area (TPSA) is 79.0 Å². The molecule has 1 aromatic rings. The standard InChI is InChI=1S/C17H27N3O4S/c1-14(13-24-16-7-5-4-6-8-16)18-17(21)15-9-11-20(12-10-15)25(22,23)19(2)3/h4-8,14-15H,9-13H2,1-3H3,(H,18,21). The highest BCUT2D eigenvalue weighted by atomic mass is 32.2. The van der Waals surface area contributed by atoms with Crippen molar-refractivity contribution in [2.75, 3.05) is 33.8 Å². The van der Waals surface area contributed by atoms with E-state index in [4.69, 9.17) is 4.74 Å². The van der Waals surface area contributed by atoms with Crippen LogP contribution in [-0.2, 0) is 15.0 Å². The van der Waals surface area contributed by atoms with Crippen LogP contribution in [0.1, 0.15) is 19.8 Å². The van der Waals surface area contributed by atoms with Gasteiger partial charge < -0.3 is 10.1 Å². The first kappa shape index (κ1) is 19.7. The van der Waals surface area contributed by atoms with Crippen LogP contribution in [-0.4, -0.2) is 62.8 Å². The van der Waals surface area contributed by atoms with Crippen molar-refractivity contribution < 1.29 is 17.9 Å². The lowest BCUT2D eigenvalue weighted by Gasteiger charge is -2.32. The van der Waals surface area contributed by atoms with E-state index in [0.717, 1.165) is 5.75 Å². The molecule has 0 aliphatic carbocycles. The van der Waals surface area contributed by atoms with Crippen molar-refractivity contribution in [3.8, 4) is 5.75 Å². The molecule has 8 heteroatoms. The molecule has 1 atom stereocenters. The molecule has 1 fully saturated rings. The number of hydrogen-bond donors (Lipinski definition) is 1. The fourth-order valence-electron chi connectivity index (χ4n) is 2.72. The molecule has 25 heavy (non-hydrogen) atoms. The molecule has 1 amide bonds. The maximum atomic E-state index is 12.4. The van der Waals surface area contributed by atoms with Gasteiger partial charge in [0.2, 0.25) is 5.91 Å². The van der Waals surface area contributed by atoms with Crippen molar-refractivity contribution in [3.05, 3.63) is 30.3 Å². The highest BCUT2D eigenvalue weighted by Crippen LogP contribution is 2.21. The monoisotopic (exact) mass is 369 g/mol. The molecule has 1 heterocycles. The lowest BCUT2D eigenvalue weighted by molar-refractivity contribution is -0.126. The van der Waals surface area contributed by atoms with Gasteiger partial charge >= 0.3 is 0 Å². The number of hydrogen-bond acceptors (Lipinski definition) is 4. The normalized spacial score (nSPS) is 18.1. The maximum Gasteiger partial charge on any atom is 0.281 e. The number of nitrogens with one attached hydrogen (secondary N) is 1. The van der Waals surface area contributed by atoms with Gasteiger partial charge in [-0.1, -0.05) is 18.2 Å². The summed E-state index contributed by atoms with van der Waals surface area (Å²) in [6.45, 7) is 3.02. The summed E-state index contributed by atoms with van der Waals surface area (Å²) >= 11 is 0. The third-order valence-electron chi connectivity index (χ3n) is 4.24. The Balaban J connectivity index is 1.76. The van der Waals surface area contributed by atoms with Gasteiger partial charge in [0.15, 0.2) is 0 Å². The minimum atomic E-state index is -3.40. The minimum absolute atomic E-state index is 0.0361. The molecule has 0 aromatic heterocycles. The predicted molar refractivity (Wildman–Crippen MR) is 96.4 cm³/mol. The summed E-state index contributed by atoms with van der Waals surface area (Å²) in [5, 5.41) is 2.95. The predicted octanol–water partition coefficient (Wildman–Crippen LogP) is 1.09. The van der Waals surface area contributed by atoms with Crippen LogP contribution in [0.2, 0.25) is 0 Å². The minimum Gasteiger partial charge on any atom is -0.491 e. The van der Waals surface area contributed by atoms with Gasteiger partial charge in [0.1, 0.15) is 12.4 Å². The third-order valence-corrected chi connectivity index (χ3v) is 6.18. The average Bonchev–Trinajstić information content (AvgIpc) is 2.60. The fourth-order valence-corrected chi connectivity index (χ4v) is 3.85. The van der Waals surface area contributed by atoms with Gasteiger partial charge in [-0.25, -0.2) is 0 Å². The Bertz CT molecular complexity index is 656. The van der Waals surface area contributed by atoms with Crippen molar-refractivity contribution in [2.45, 2.75) is 25.8 Å². The molecule has 0 saturated carbocycles. The average molecular weight is 369 g/mol. The zero-order chi connectivity index (χ0) is 18.4. The van der Waals surface area contributed by atoms with E-state index in [2.05, 4.69) is 5.32 Å². The van der Waals surface area contributed by atoms with Crippen LogP contribution in [0, 0.1) is 5.92 Å². The molecule has 0 spiro atoms. The summed E-state index contributed by atoms with van der Waals surface area (Å²) in [7, 11) is -0.364. The molecule has 0 bridgehead atoms. The molecule has 1 N–H and O–H groups in total. The first-order valence-corrected chi connectivity index (χ1v) is 9.86. The van der Waals surface area contributed by atoms with Gasteiger partial charge in [-0.3, -0.25) is 4.79 Å². The summed E-state index contributed by atoms with van der Waals surface area (Å²) in [4.78, 5) is 12.4. The zero-order valence-corrected chi connectivity index (χ0v) is 15.8. The second kappa shape index (κ2) is 8.64. The maximum absolute atomic E-state index is 12.4. The van der Waals surface area contributed by atoms with Gasteiger partial charge in [-0.2, -0.15) is 17.0 Å². The first-order chi connectivity index (χ1) is 11.8. The Kier molecular flexibility index (Phi) is 6.80. The van der Waals surface area contributed by atoms with Crippen molar-refractivity contribution >= 4 is 16.1 Å². The van der Waals surface area contributed by atoms with Crippen molar-refractivity contribution in [1.82, 2.24) is 13.9 Å². The van der Waals surface area contributed by atoms with Crippen LogP contribution in [0.5, 0.6) is 5.75 Å². The molecule has 140 valence electrons. The number of nitrogens with zero attached hydrogens (tertiary/aromatic N) is 2. The second-order valence-corrected chi connectivity index (χ2v) is 8.64. The van der Waals surface area contributed by atoms with Crippen LogP contribution < -0.4 is 10.1 Å². The number of rotatable bonds is 7. The van der Waals surface area contributed by atoms with Crippen LogP contribution >= 0.6 is 0 Å². The number of para-hydroxylation sites is 1. The summed E-state index contributed by atoms with van der Waals surface area (Å²) in [6, 6.07) is 9.34. The van der Waals surface area contributed by atoms with E-state index in [1.54, 1.807) is 0 Å². The SMILES string of the molecule is CC(COc1ccccc1)NC(=O)C1CCN(S(=O)(=O)N(C)C)CC1. The summed E-state index contributed by atoms with van der Waals surface area (Å²) < 4.78 is 32.5. The Morgan fingerprint density at radius 2 is 1.88 bits per heavy atom. The van der Waals surface area contributed by atoms with Crippen LogP contribution in [0.25, 0.3) is 0 Å². The largest absolute Gasteiger partial charge is 0.491 e. The number of piperidine rings is 1. The molecule has 0 radical (unpaired) electrons. The van der Waals surface area contributed by atoms with E-state index in [-0.39, 0.29) is 17.9 Å². The quantitative estimate of drug-likeness (QED) is 0.780. The molecule has 1 aromatic carbocycles. The highest BCUT2D eigenvalue weighted by molar-refractivity contribution is 7.86. The molecular formula is C17H27N3O4S. The van der Waals surface area contributed by atoms with Crippen molar-refractivity contribution in [1.29, 1.82) is 0 Å². The Labute approximate surface area is 150 Å². The van der Waals surface area contributed by atoms with Crippen LogP contribution in [0.4, 0.5) is 0 Å². The van der Waals surface area contributed by atoms with Crippen molar-refractivity contribution in [2.24, 2.45) is 5.92 Å². The summed E-state index contributed by atoms with van der Waals surface area (Å²) in [6.07, 6.45) is 1.07. The lowest BCUT2D eigenvalue weighted by Crippen LogP contribution is -2.48. The summed E-state index contributed by atoms with van der Waals surface area (Å²) in [5.41, 5.74) is 0. The molecular weight excluding hydrogens is 342 g/mol. The molecule has 1 aliphatic rings. The lowest BCUT2D eigenvalue weighted by atomic mass is 9.97.